The van der Waals surface area contributed by atoms with Gasteiger partial charge in [0.1, 0.15) is 5.76 Å². The van der Waals surface area contributed by atoms with E-state index < -0.39 is 10.2 Å². The monoisotopic (exact) mass is 287 g/mol. The summed E-state index contributed by atoms with van der Waals surface area (Å²) in [5.41, 5.74) is 0. The summed E-state index contributed by atoms with van der Waals surface area (Å²) in [6, 6.07) is 3.53. The highest BCUT2D eigenvalue weighted by Crippen LogP contribution is 2.19. The number of likely N-dealkylation sites (N-methyl/N-ethyl adjacent to an activating group) is 1. The van der Waals surface area contributed by atoms with Crippen molar-refractivity contribution >= 4 is 10.2 Å². The van der Waals surface area contributed by atoms with E-state index in [4.69, 9.17) is 4.42 Å². The maximum atomic E-state index is 12.3. The average Bonchev–Trinajstić information content (AvgIpc) is 2.91. The van der Waals surface area contributed by atoms with E-state index in [0.717, 1.165) is 19.3 Å². The second-order valence-electron chi connectivity index (χ2n) is 4.72. The standard InChI is InChI=1S/C12H21N3O3S/c1-13-9-11-5-2-3-7-15(11)19(16,17)14-10-12-6-4-8-18-12/h4,6,8,11,13-14H,2-3,5,7,9-10H2,1H3. The highest BCUT2D eigenvalue weighted by atomic mass is 32.2. The summed E-state index contributed by atoms with van der Waals surface area (Å²) in [6.45, 7) is 1.46. The first kappa shape index (κ1) is 14.5. The minimum atomic E-state index is -3.45. The zero-order valence-corrected chi connectivity index (χ0v) is 11.9. The number of furan rings is 1. The molecule has 0 radical (unpaired) electrons. The van der Waals surface area contributed by atoms with Gasteiger partial charge in [-0.3, -0.25) is 0 Å². The lowest BCUT2D eigenvalue weighted by Crippen LogP contribution is -2.51. The Kier molecular flexibility index (Phi) is 4.98. The lowest BCUT2D eigenvalue weighted by molar-refractivity contribution is 0.245. The van der Waals surface area contributed by atoms with Gasteiger partial charge < -0.3 is 9.73 Å². The number of piperidine rings is 1. The molecular formula is C12H21N3O3S. The van der Waals surface area contributed by atoms with Crippen LogP contribution in [0.4, 0.5) is 0 Å². The third kappa shape index (κ3) is 3.79. The Hall–Kier alpha value is -0.890. The quantitative estimate of drug-likeness (QED) is 0.807. The van der Waals surface area contributed by atoms with E-state index in [2.05, 4.69) is 10.0 Å². The molecule has 2 rings (SSSR count). The highest BCUT2D eigenvalue weighted by Gasteiger charge is 2.31. The predicted molar refractivity (Wildman–Crippen MR) is 72.7 cm³/mol. The van der Waals surface area contributed by atoms with E-state index in [-0.39, 0.29) is 12.6 Å². The molecule has 7 heteroatoms. The molecule has 0 bridgehead atoms. The van der Waals surface area contributed by atoms with Gasteiger partial charge in [0.2, 0.25) is 0 Å². The van der Waals surface area contributed by atoms with Crippen LogP contribution in [0.25, 0.3) is 0 Å². The van der Waals surface area contributed by atoms with Gasteiger partial charge in [-0.25, -0.2) is 0 Å². The summed E-state index contributed by atoms with van der Waals surface area (Å²) in [7, 11) is -1.60. The molecule has 1 saturated heterocycles. The molecule has 19 heavy (non-hydrogen) atoms. The van der Waals surface area contributed by atoms with E-state index in [1.807, 2.05) is 7.05 Å². The summed E-state index contributed by atoms with van der Waals surface area (Å²) < 4.78 is 33.9. The van der Waals surface area contributed by atoms with Crippen LogP contribution >= 0.6 is 0 Å². The lowest BCUT2D eigenvalue weighted by atomic mass is 10.1. The molecule has 0 amide bonds. The topological polar surface area (TPSA) is 74.6 Å². The van der Waals surface area contributed by atoms with Gasteiger partial charge in [0.25, 0.3) is 10.2 Å². The molecule has 0 aromatic carbocycles. The Labute approximate surface area is 114 Å². The molecule has 1 unspecified atom stereocenters. The molecule has 1 aromatic rings. The van der Waals surface area contributed by atoms with E-state index in [9.17, 15) is 8.42 Å². The van der Waals surface area contributed by atoms with Crippen LogP contribution in [0.15, 0.2) is 22.8 Å². The molecule has 1 aliphatic heterocycles. The third-order valence-electron chi connectivity index (χ3n) is 3.33. The van der Waals surface area contributed by atoms with Crippen molar-refractivity contribution in [3.05, 3.63) is 24.2 Å². The van der Waals surface area contributed by atoms with Crippen molar-refractivity contribution < 1.29 is 12.8 Å². The largest absolute Gasteiger partial charge is 0.468 e. The molecule has 2 N–H and O–H groups in total. The third-order valence-corrected chi connectivity index (χ3v) is 4.94. The molecule has 1 fully saturated rings. The molecule has 2 heterocycles. The number of hydrogen-bond donors (Lipinski definition) is 2. The van der Waals surface area contributed by atoms with Gasteiger partial charge in [-0.2, -0.15) is 17.4 Å². The molecule has 0 spiro atoms. The molecular weight excluding hydrogens is 266 g/mol. The Balaban J connectivity index is 2.00. The van der Waals surface area contributed by atoms with Gasteiger partial charge in [0, 0.05) is 19.1 Å². The zero-order valence-electron chi connectivity index (χ0n) is 11.1. The number of nitrogens with zero attached hydrogens (tertiary/aromatic N) is 1. The van der Waals surface area contributed by atoms with Crippen LogP contribution in [-0.2, 0) is 16.8 Å². The molecule has 6 nitrogen and oxygen atoms in total. The molecule has 1 aromatic heterocycles. The first-order valence-corrected chi connectivity index (χ1v) is 8.01. The van der Waals surface area contributed by atoms with Crippen LogP contribution in [0.3, 0.4) is 0 Å². The normalized spacial score (nSPS) is 21.6. The van der Waals surface area contributed by atoms with E-state index >= 15 is 0 Å². The summed E-state index contributed by atoms with van der Waals surface area (Å²) >= 11 is 0. The molecule has 1 atom stereocenters. The molecule has 108 valence electrons. The van der Waals surface area contributed by atoms with Crippen molar-refractivity contribution in [3.8, 4) is 0 Å². The van der Waals surface area contributed by atoms with Crippen molar-refractivity contribution in [1.29, 1.82) is 0 Å². The number of rotatable bonds is 6. The first-order chi connectivity index (χ1) is 9.13. The van der Waals surface area contributed by atoms with Crippen molar-refractivity contribution in [2.24, 2.45) is 0 Å². The van der Waals surface area contributed by atoms with E-state index in [0.29, 0.717) is 18.8 Å². The number of hydrogen-bond acceptors (Lipinski definition) is 4. The van der Waals surface area contributed by atoms with Gasteiger partial charge in [-0.1, -0.05) is 6.42 Å². The summed E-state index contributed by atoms with van der Waals surface area (Å²) in [5, 5.41) is 3.06. The molecule has 0 aliphatic carbocycles. The molecule has 1 aliphatic rings. The van der Waals surface area contributed by atoms with Crippen LogP contribution in [-0.4, -0.2) is 38.9 Å². The van der Waals surface area contributed by atoms with E-state index in [1.54, 1.807) is 16.4 Å². The fraction of sp³-hybridized carbons (Fsp3) is 0.667. The smallest absolute Gasteiger partial charge is 0.280 e. The Morgan fingerprint density at radius 1 is 1.47 bits per heavy atom. The Morgan fingerprint density at radius 3 is 3.00 bits per heavy atom. The van der Waals surface area contributed by atoms with Crippen LogP contribution < -0.4 is 10.0 Å². The van der Waals surface area contributed by atoms with Gasteiger partial charge in [0.05, 0.1) is 12.8 Å². The van der Waals surface area contributed by atoms with Crippen LogP contribution in [0, 0.1) is 0 Å². The first-order valence-electron chi connectivity index (χ1n) is 6.57. The zero-order chi connectivity index (χ0) is 13.7. The van der Waals surface area contributed by atoms with E-state index in [1.165, 1.54) is 6.26 Å². The fourth-order valence-electron chi connectivity index (χ4n) is 2.39. The summed E-state index contributed by atoms with van der Waals surface area (Å²) in [5.74, 6) is 0.616. The summed E-state index contributed by atoms with van der Waals surface area (Å²) in [4.78, 5) is 0. The number of nitrogens with one attached hydrogen (secondary N) is 2. The highest BCUT2D eigenvalue weighted by molar-refractivity contribution is 7.87. The average molecular weight is 287 g/mol. The molecule has 0 saturated carbocycles. The maximum Gasteiger partial charge on any atom is 0.280 e. The van der Waals surface area contributed by atoms with Gasteiger partial charge in [-0.05, 0) is 32.0 Å². The fourth-order valence-corrected chi connectivity index (χ4v) is 3.82. The van der Waals surface area contributed by atoms with Gasteiger partial charge in [0.15, 0.2) is 0 Å². The van der Waals surface area contributed by atoms with Gasteiger partial charge >= 0.3 is 0 Å². The van der Waals surface area contributed by atoms with Crippen molar-refractivity contribution in [1.82, 2.24) is 14.3 Å². The predicted octanol–water partition coefficient (Wildman–Crippen LogP) is 0.688. The van der Waals surface area contributed by atoms with Crippen molar-refractivity contribution in [2.45, 2.75) is 31.8 Å². The van der Waals surface area contributed by atoms with Gasteiger partial charge in [-0.15, -0.1) is 0 Å². The minimum absolute atomic E-state index is 0.0350. The SMILES string of the molecule is CNCC1CCCCN1S(=O)(=O)NCc1ccco1. The second kappa shape index (κ2) is 6.51. The van der Waals surface area contributed by atoms with Crippen LogP contribution in [0.5, 0.6) is 0 Å². The minimum Gasteiger partial charge on any atom is -0.468 e. The van der Waals surface area contributed by atoms with Crippen molar-refractivity contribution in [3.63, 3.8) is 0 Å². The Bertz CT molecular complexity index is 470. The second-order valence-corrected chi connectivity index (χ2v) is 6.43. The van der Waals surface area contributed by atoms with Crippen LogP contribution in [0.2, 0.25) is 0 Å². The summed E-state index contributed by atoms with van der Waals surface area (Å²) in [6.07, 6.45) is 4.44. The lowest BCUT2D eigenvalue weighted by Gasteiger charge is -2.34. The Morgan fingerprint density at radius 2 is 2.32 bits per heavy atom. The van der Waals surface area contributed by atoms with Crippen LogP contribution in [0.1, 0.15) is 25.0 Å². The van der Waals surface area contributed by atoms with Crippen molar-refractivity contribution in [2.75, 3.05) is 20.1 Å². The maximum absolute atomic E-state index is 12.3.